The fourth-order valence-electron chi connectivity index (χ4n) is 7.91. The normalized spacial score (nSPS) is 12.7. The van der Waals surface area contributed by atoms with E-state index in [1.807, 2.05) is 0 Å². The average molecular weight is 940 g/mol. The molecule has 0 N–H and O–H groups in total. The summed E-state index contributed by atoms with van der Waals surface area (Å²) in [5.74, 6) is -1.65. The van der Waals surface area contributed by atoms with Crippen molar-refractivity contribution in [2.24, 2.45) is 5.92 Å². The molecule has 66 heavy (non-hydrogen) atoms. The van der Waals surface area contributed by atoms with Crippen LogP contribution in [0.1, 0.15) is 253 Å². The molecule has 0 aliphatic heterocycles. The lowest BCUT2D eigenvalue weighted by molar-refractivity contribution is -0.151. The van der Waals surface area contributed by atoms with Gasteiger partial charge in [-0.3, -0.25) is 19.2 Å². The van der Waals surface area contributed by atoms with Gasteiger partial charge in [-0.1, -0.05) is 151 Å². The third-order valence-corrected chi connectivity index (χ3v) is 12.3. The highest BCUT2D eigenvalue weighted by Crippen LogP contribution is 2.19. The van der Waals surface area contributed by atoms with Crippen molar-refractivity contribution in [2.45, 2.75) is 266 Å². The Kier molecular flexibility index (Phi) is 45.1. The van der Waals surface area contributed by atoms with Crippen LogP contribution in [0, 0.1) is 5.92 Å². The maximum Gasteiger partial charge on any atom is 0.508 e. The molecule has 0 bridgehead atoms. The number of nitrogens with zero attached hydrogens (tertiary/aromatic N) is 1. The van der Waals surface area contributed by atoms with Gasteiger partial charge in [-0.05, 0) is 90.1 Å². The minimum atomic E-state index is -0.817. The van der Waals surface area contributed by atoms with E-state index in [0.29, 0.717) is 44.9 Å². The van der Waals surface area contributed by atoms with Crippen molar-refractivity contribution in [1.29, 1.82) is 0 Å². The molecule has 12 heteroatoms. The number of hydrogen-bond acceptors (Lipinski definition) is 12. The molecule has 0 spiro atoms. The Morgan fingerprint density at radius 1 is 0.379 bits per heavy atom. The van der Waals surface area contributed by atoms with Crippen molar-refractivity contribution < 1.29 is 52.4 Å². The molecule has 0 aliphatic rings. The lowest BCUT2D eigenvalue weighted by Crippen LogP contribution is -2.27. The fourth-order valence-corrected chi connectivity index (χ4v) is 7.91. The van der Waals surface area contributed by atoms with E-state index in [9.17, 15) is 24.0 Å². The maximum absolute atomic E-state index is 12.7. The molecule has 3 atom stereocenters. The van der Waals surface area contributed by atoms with Crippen LogP contribution >= 0.6 is 0 Å². The van der Waals surface area contributed by atoms with E-state index in [1.165, 1.54) is 89.9 Å². The van der Waals surface area contributed by atoms with Gasteiger partial charge in [0.25, 0.3) is 0 Å². The minimum Gasteiger partial charge on any atom is -0.465 e. The highest BCUT2D eigenvalue weighted by Gasteiger charge is 2.19. The van der Waals surface area contributed by atoms with Gasteiger partial charge in [0, 0.05) is 32.2 Å². The molecule has 0 amide bonds. The summed E-state index contributed by atoms with van der Waals surface area (Å²) in [5.41, 5.74) is 0. The Morgan fingerprint density at radius 3 is 1.20 bits per heavy atom. The van der Waals surface area contributed by atoms with Crippen LogP contribution in [0.4, 0.5) is 4.79 Å². The standard InChI is InChI=1S/C54H101NO11/c1-7-13-16-19-21-23-28-35-48(10-4)65-52(58)41-33-26-32-39-51(57)63-45-47(46-64-54(60)61-43-34-42-55(11-5)12-6)44-62-50(56)38-30-24-25-31-40-53(59)66-49(36-27-18-15-9-3)37-29-22-20-17-14-8-2/h47-49H,7-46H2,1-6H3. The average Bonchev–Trinajstić information content (AvgIpc) is 3.31. The fraction of sp³-hybridized carbons (Fsp3) is 0.907. The van der Waals surface area contributed by atoms with Gasteiger partial charge in [0.2, 0.25) is 0 Å². The predicted molar refractivity (Wildman–Crippen MR) is 265 cm³/mol. The summed E-state index contributed by atoms with van der Waals surface area (Å²) in [5, 5.41) is 0. The maximum atomic E-state index is 12.7. The second kappa shape index (κ2) is 47.2. The summed E-state index contributed by atoms with van der Waals surface area (Å²) in [6, 6.07) is 0. The van der Waals surface area contributed by atoms with Gasteiger partial charge in [-0.25, -0.2) is 4.79 Å². The Labute approximate surface area is 403 Å². The molecule has 0 radical (unpaired) electrons. The van der Waals surface area contributed by atoms with Crippen LogP contribution in [-0.4, -0.2) is 93.2 Å². The second-order valence-electron chi connectivity index (χ2n) is 18.4. The smallest absolute Gasteiger partial charge is 0.465 e. The molecule has 0 aromatic rings. The van der Waals surface area contributed by atoms with Gasteiger partial charge < -0.3 is 33.3 Å². The Bertz CT molecular complexity index is 1160. The van der Waals surface area contributed by atoms with E-state index in [1.54, 1.807) is 0 Å². The summed E-state index contributed by atoms with van der Waals surface area (Å²) in [4.78, 5) is 65.2. The molecule has 388 valence electrons. The zero-order chi connectivity index (χ0) is 48.7. The summed E-state index contributed by atoms with van der Waals surface area (Å²) in [6.07, 6.45) is 30.1. The lowest BCUT2D eigenvalue weighted by atomic mass is 10.0. The lowest BCUT2D eigenvalue weighted by Gasteiger charge is -2.18. The van der Waals surface area contributed by atoms with Crippen LogP contribution in [0.15, 0.2) is 0 Å². The topological polar surface area (TPSA) is 144 Å². The van der Waals surface area contributed by atoms with Crippen LogP contribution in [0.25, 0.3) is 0 Å². The van der Waals surface area contributed by atoms with Gasteiger partial charge in [0.1, 0.15) is 32.0 Å². The van der Waals surface area contributed by atoms with E-state index in [0.717, 1.165) is 83.8 Å². The van der Waals surface area contributed by atoms with Gasteiger partial charge in [0.05, 0.1) is 12.5 Å². The Hall–Kier alpha value is -2.89. The number of esters is 4. The highest BCUT2D eigenvalue weighted by molar-refractivity contribution is 5.70. The Balaban J connectivity index is 4.72. The Morgan fingerprint density at radius 2 is 0.742 bits per heavy atom. The molecule has 0 heterocycles. The molecular formula is C54H101NO11. The van der Waals surface area contributed by atoms with Crippen molar-refractivity contribution in [3.8, 4) is 0 Å². The van der Waals surface area contributed by atoms with Crippen molar-refractivity contribution in [3.63, 3.8) is 0 Å². The largest absolute Gasteiger partial charge is 0.508 e. The van der Waals surface area contributed by atoms with E-state index in [-0.39, 0.29) is 69.4 Å². The monoisotopic (exact) mass is 940 g/mol. The van der Waals surface area contributed by atoms with E-state index >= 15 is 0 Å². The summed E-state index contributed by atoms with van der Waals surface area (Å²) in [6.45, 7) is 15.5. The first-order chi connectivity index (χ1) is 32.1. The molecule has 0 saturated heterocycles. The molecule has 0 saturated carbocycles. The number of hydrogen-bond donors (Lipinski definition) is 0. The summed E-state index contributed by atoms with van der Waals surface area (Å²) < 4.78 is 33.3. The predicted octanol–water partition coefficient (Wildman–Crippen LogP) is 14.0. The highest BCUT2D eigenvalue weighted by atomic mass is 16.7. The molecular weight excluding hydrogens is 839 g/mol. The van der Waals surface area contributed by atoms with Crippen LogP contribution in [0.3, 0.4) is 0 Å². The molecule has 0 aromatic heterocycles. The zero-order valence-electron chi connectivity index (χ0n) is 43.5. The first-order valence-corrected chi connectivity index (χ1v) is 27.3. The number of unbranched alkanes of at least 4 members (excludes halogenated alkanes) is 19. The second-order valence-corrected chi connectivity index (χ2v) is 18.4. The van der Waals surface area contributed by atoms with Crippen molar-refractivity contribution in [3.05, 3.63) is 0 Å². The van der Waals surface area contributed by atoms with Crippen LogP contribution in [0.2, 0.25) is 0 Å². The molecule has 0 fully saturated rings. The van der Waals surface area contributed by atoms with Crippen LogP contribution in [0.5, 0.6) is 0 Å². The third-order valence-electron chi connectivity index (χ3n) is 12.3. The number of carbonyl (C=O) groups is 5. The van der Waals surface area contributed by atoms with Gasteiger partial charge in [-0.2, -0.15) is 0 Å². The van der Waals surface area contributed by atoms with E-state index < -0.39 is 18.0 Å². The van der Waals surface area contributed by atoms with Crippen molar-refractivity contribution in [2.75, 3.05) is 46.1 Å². The molecule has 0 aliphatic carbocycles. The third kappa shape index (κ3) is 41.3. The van der Waals surface area contributed by atoms with Gasteiger partial charge >= 0.3 is 30.0 Å². The van der Waals surface area contributed by atoms with Crippen LogP contribution < -0.4 is 0 Å². The molecule has 3 unspecified atom stereocenters. The molecule has 0 aromatic carbocycles. The molecule has 12 nitrogen and oxygen atoms in total. The first kappa shape index (κ1) is 63.1. The van der Waals surface area contributed by atoms with Crippen molar-refractivity contribution >= 4 is 30.0 Å². The quantitative estimate of drug-likeness (QED) is 0.0325. The van der Waals surface area contributed by atoms with Crippen molar-refractivity contribution in [1.82, 2.24) is 4.90 Å². The van der Waals surface area contributed by atoms with Gasteiger partial charge in [-0.15, -0.1) is 0 Å². The SMILES string of the molecule is CCCCCCCCCC(CC)OC(=O)CCCCCC(=O)OCC(COC(=O)CCCCCCC(=O)OC(CCCCCC)CCCCCCCC)COC(=O)OCCCN(CC)CC. The zero-order valence-corrected chi connectivity index (χ0v) is 43.5. The van der Waals surface area contributed by atoms with Gasteiger partial charge in [0.15, 0.2) is 0 Å². The van der Waals surface area contributed by atoms with E-state index in [2.05, 4.69) is 46.4 Å². The van der Waals surface area contributed by atoms with Crippen LogP contribution in [-0.2, 0) is 47.6 Å². The number of rotatable bonds is 48. The number of carbonyl (C=O) groups excluding carboxylic acids is 5. The summed E-state index contributed by atoms with van der Waals surface area (Å²) >= 11 is 0. The van der Waals surface area contributed by atoms with E-state index in [4.69, 9.17) is 28.4 Å². The molecule has 0 rings (SSSR count). The summed E-state index contributed by atoms with van der Waals surface area (Å²) in [7, 11) is 0. The first-order valence-electron chi connectivity index (χ1n) is 27.3. The number of ether oxygens (including phenoxy) is 6. The minimum absolute atomic E-state index is 0.0120.